The van der Waals surface area contributed by atoms with E-state index in [2.05, 4.69) is 21.2 Å². The molecule has 4 nitrogen and oxygen atoms in total. The van der Waals surface area contributed by atoms with Crippen LogP contribution in [-0.4, -0.2) is 36.0 Å². The highest BCUT2D eigenvalue weighted by molar-refractivity contribution is 9.10. The molecule has 0 aliphatic carbocycles. The maximum atomic E-state index is 9.51. The fourth-order valence-corrected chi connectivity index (χ4v) is 2.79. The monoisotopic (exact) mass is 394 g/mol. The smallest absolute Gasteiger partial charge is 0.171 e. The second-order valence-corrected chi connectivity index (χ2v) is 6.45. The molecule has 23 heavy (non-hydrogen) atoms. The van der Waals surface area contributed by atoms with Crippen LogP contribution in [0.1, 0.15) is 17.2 Å². The van der Waals surface area contributed by atoms with E-state index in [9.17, 15) is 5.11 Å². The maximum Gasteiger partial charge on any atom is 0.171 e. The molecule has 122 valence electrons. The predicted molar refractivity (Wildman–Crippen MR) is 99.5 cm³/mol. The Balaban J connectivity index is 2.31. The van der Waals surface area contributed by atoms with E-state index in [1.165, 1.54) is 0 Å². The summed E-state index contributed by atoms with van der Waals surface area (Å²) in [6.45, 7) is 0.409. The van der Waals surface area contributed by atoms with Gasteiger partial charge >= 0.3 is 0 Å². The molecule has 0 saturated carbocycles. The number of hydrogen-bond acceptors (Lipinski definition) is 3. The van der Waals surface area contributed by atoms with E-state index in [1.54, 1.807) is 19.2 Å². The van der Waals surface area contributed by atoms with Crippen LogP contribution in [0.2, 0.25) is 0 Å². The molecule has 0 radical (unpaired) electrons. The number of rotatable bonds is 5. The highest BCUT2D eigenvalue weighted by Gasteiger charge is 2.17. The van der Waals surface area contributed by atoms with E-state index in [0.717, 1.165) is 15.6 Å². The summed E-state index contributed by atoms with van der Waals surface area (Å²) in [4.78, 5) is 1.82. The quantitative estimate of drug-likeness (QED) is 0.598. The average Bonchev–Trinajstić information content (AvgIpc) is 2.53. The highest BCUT2D eigenvalue weighted by atomic mass is 79.9. The minimum atomic E-state index is -0.125. The zero-order valence-electron chi connectivity index (χ0n) is 13.0. The molecule has 0 aliphatic heterocycles. The topological polar surface area (TPSA) is 44.7 Å². The second-order valence-electron chi connectivity index (χ2n) is 5.14. The molecule has 0 bridgehead atoms. The third-order valence-electron chi connectivity index (χ3n) is 3.35. The van der Waals surface area contributed by atoms with Gasteiger partial charge in [-0.15, -0.1) is 0 Å². The largest absolute Gasteiger partial charge is 0.508 e. The van der Waals surface area contributed by atoms with E-state index < -0.39 is 0 Å². The molecule has 0 amide bonds. The second kappa shape index (κ2) is 8.29. The molecule has 0 heterocycles. The lowest BCUT2D eigenvalue weighted by Gasteiger charge is -2.26. The van der Waals surface area contributed by atoms with Crippen molar-refractivity contribution in [2.45, 2.75) is 6.04 Å². The Morgan fingerprint density at radius 2 is 1.96 bits per heavy atom. The Labute approximate surface area is 150 Å². The van der Waals surface area contributed by atoms with Crippen LogP contribution in [-0.2, 0) is 4.74 Å². The van der Waals surface area contributed by atoms with Crippen LogP contribution in [0.3, 0.4) is 0 Å². The fourth-order valence-electron chi connectivity index (χ4n) is 2.20. The van der Waals surface area contributed by atoms with Crippen LogP contribution in [0.4, 0.5) is 0 Å². The van der Waals surface area contributed by atoms with Gasteiger partial charge in [-0.2, -0.15) is 0 Å². The fraction of sp³-hybridized carbons (Fsp3) is 0.235. The summed E-state index contributed by atoms with van der Waals surface area (Å²) in [6.07, 6.45) is 0. The van der Waals surface area contributed by atoms with Crippen molar-refractivity contribution in [3.05, 3.63) is 64.1 Å². The van der Waals surface area contributed by atoms with E-state index in [0.29, 0.717) is 11.8 Å². The maximum absolute atomic E-state index is 9.51. The molecule has 2 rings (SSSR count). The van der Waals surface area contributed by atoms with E-state index in [4.69, 9.17) is 17.0 Å². The molecular formula is C17H19BrN2O2S. The lowest BCUT2D eigenvalue weighted by molar-refractivity contribution is 0.123. The van der Waals surface area contributed by atoms with Gasteiger partial charge in [0.1, 0.15) is 12.5 Å². The molecular weight excluding hydrogens is 376 g/mol. The van der Waals surface area contributed by atoms with Crippen molar-refractivity contribution >= 4 is 33.3 Å². The first-order valence-electron chi connectivity index (χ1n) is 7.06. The van der Waals surface area contributed by atoms with Gasteiger partial charge in [0.2, 0.25) is 0 Å². The molecule has 0 spiro atoms. The number of benzene rings is 2. The molecule has 0 aliphatic rings. The Morgan fingerprint density at radius 1 is 1.26 bits per heavy atom. The van der Waals surface area contributed by atoms with Gasteiger partial charge in [-0.05, 0) is 47.6 Å². The summed E-state index contributed by atoms with van der Waals surface area (Å²) in [5, 5.41) is 13.5. The number of methoxy groups -OCH3 is 1. The van der Waals surface area contributed by atoms with Crippen molar-refractivity contribution < 1.29 is 9.84 Å². The van der Waals surface area contributed by atoms with Crippen LogP contribution in [0.5, 0.6) is 5.75 Å². The molecule has 0 fully saturated rings. The molecule has 1 unspecified atom stereocenters. The van der Waals surface area contributed by atoms with E-state index in [-0.39, 0.29) is 11.8 Å². The average molecular weight is 395 g/mol. The number of phenols is 1. The number of phenolic OH excluding ortho intramolecular Hbond substituents is 1. The van der Waals surface area contributed by atoms with Gasteiger partial charge < -0.3 is 20.1 Å². The number of thiocarbonyl (C=S) groups is 1. The van der Waals surface area contributed by atoms with Gasteiger partial charge in [0, 0.05) is 18.6 Å². The number of nitrogens with zero attached hydrogens (tertiary/aromatic N) is 1. The number of aromatic hydroxyl groups is 1. The predicted octanol–water partition coefficient (Wildman–Crippen LogP) is 3.65. The first-order valence-corrected chi connectivity index (χ1v) is 8.26. The van der Waals surface area contributed by atoms with E-state index in [1.807, 2.05) is 48.3 Å². The van der Waals surface area contributed by atoms with Crippen molar-refractivity contribution in [2.24, 2.45) is 0 Å². The van der Waals surface area contributed by atoms with Gasteiger partial charge in [0.15, 0.2) is 5.11 Å². The highest BCUT2D eigenvalue weighted by Crippen LogP contribution is 2.26. The molecule has 2 aromatic carbocycles. The van der Waals surface area contributed by atoms with Crippen molar-refractivity contribution in [3.63, 3.8) is 0 Å². The zero-order chi connectivity index (χ0) is 16.8. The third kappa shape index (κ3) is 4.92. The van der Waals surface area contributed by atoms with Gasteiger partial charge in [-0.1, -0.05) is 40.2 Å². The minimum Gasteiger partial charge on any atom is -0.508 e. The number of ether oxygens (including phenoxy) is 1. The lowest BCUT2D eigenvalue weighted by atomic mass is 9.99. The van der Waals surface area contributed by atoms with Gasteiger partial charge in [-0.25, -0.2) is 0 Å². The first kappa shape index (κ1) is 17.7. The Bertz CT molecular complexity index is 664. The third-order valence-corrected chi connectivity index (χ3v) is 4.27. The zero-order valence-corrected chi connectivity index (χ0v) is 15.4. The Morgan fingerprint density at radius 3 is 2.57 bits per heavy atom. The van der Waals surface area contributed by atoms with Crippen molar-refractivity contribution in [1.82, 2.24) is 10.2 Å². The van der Waals surface area contributed by atoms with Gasteiger partial charge in [0.25, 0.3) is 0 Å². The lowest BCUT2D eigenvalue weighted by Crippen LogP contribution is -2.40. The van der Waals surface area contributed by atoms with Gasteiger partial charge in [0.05, 0.1) is 6.04 Å². The standard InChI is InChI=1S/C17H19BrN2O2S/c1-20(11-22-2)17(23)19-16(12-6-8-15(21)9-7-12)13-4-3-5-14(18)10-13/h3-10,16,21H,11H2,1-2H3,(H,19,23). The molecule has 1 atom stereocenters. The summed E-state index contributed by atoms with van der Waals surface area (Å²) in [6, 6.07) is 15.0. The van der Waals surface area contributed by atoms with E-state index >= 15 is 0 Å². The summed E-state index contributed by atoms with van der Waals surface area (Å²) < 4.78 is 6.11. The first-order chi connectivity index (χ1) is 11.0. The summed E-state index contributed by atoms with van der Waals surface area (Å²) >= 11 is 8.95. The molecule has 2 aromatic rings. The molecule has 6 heteroatoms. The van der Waals surface area contributed by atoms with Gasteiger partial charge in [-0.3, -0.25) is 0 Å². The Kier molecular flexibility index (Phi) is 6.38. The SMILES string of the molecule is COCN(C)C(=S)NC(c1ccc(O)cc1)c1cccc(Br)c1. The number of nitrogens with one attached hydrogen (secondary N) is 1. The van der Waals surface area contributed by atoms with Crippen LogP contribution in [0.15, 0.2) is 53.0 Å². The minimum absolute atomic E-state index is 0.125. The summed E-state index contributed by atoms with van der Waals surface area (Å²) in [5.74, 6) is 0.237. The summed E-state index contributed by atoms with van der Waals surface area (Å²) in [5.41, 5.74) is 2.08. The van der Waals surface area contributed by atoms with Crippen molar-refractivity contribution in [3.8, 4) is 5.75 Å². The number of halogens is 1. The van der Waals surface area contributed by atoms with Crippen molar-refractivity contribution in [2.75, 3.05) is 20.9 Å². The molecule has 0 saturated heterocycles. The normalized spacial score (nSPS) is 11.8. The molecule has 2 N–H and O–H groups in total. The van der Waals surface area contributed by atoms with Crippen LogP contribution in [0, 0.1) is 0 Å². The summed E-state index contributed by atoms with van der Waals surface area (Å²) in [7, 11) is 3.50. The van der Waals surface area contributed by atoms with Crippen molar-refractivity contribution in [1.29, 1.82) is 0 Å². The number of hydrogen-bond donors (Lipinski definition) is 2. The van der Waals surface area contributed by atoms with Crippen LogP contribution in [0.25, 0.3) is 0 Å². The van der Waals surface area contributed by atoms with Crippen LogP contribution >= 0.6 is 28.1 Å². The Hall–Kier alpha value is -1.63. The molecule has 0 aromatic heterocycles. The van der Waals surface area contributed by atoms with Crippen LogP contribution < -0.4 is 5.32 Å².